The van der Waals surface area contributed by atoms with E-state index in [4.69, 9.17) is 0 Å². The first kappa shape index (κ1) is 15.5. The molecule has 0 aliphatic rings. The molecule has 1 atom stereocenters. The van der Waals surface area contributed by atoms with Crippen LogP contribution in [0.1, 0.15) is 29.7 Å². The molecule has 5 heteroatoms. The highest BCUT2D eigenvalue weighted by Gasteiger charge is 2.12. The van der Waals surface area contributed by atoms with E-state index in [1.165, 1.54) is 6.07 Å². The number of benzene rings is 2. The summed E-state index contributed by atoms with van der Waals surface area (Å²) >= 11 is 0. The van der Waals surface area contributed by atoms with Crippen molar-refractivity contribution >= 4 is 0 Å². The van der Waals surface area contributed by atoms with Crippen LogP contribution in [0.15, 0.2) is 30.3 Å². The van der Waals surface area contributed by atoms with E-state index in [2.05, 4.69) is 5.32 Å². The number of aryl methyl sites for hydroxylation is 1. The van der Waals surface area contributed by atoms with Gasteiger partial charge in [0.2, 0.25) is 0 Å². The highest BCUT2D eigenvalue weighted by molar-refractivity contribution is 5.26. The lowest BCUT2D eigenvalue weighted by atomic mass is 10.1. The molecule has 0 aliphatic heterocycles. The Kier molecular flexibility index (Phi) is 4.63. The summed E-state index contributed by atoms with van der Waals surface area (Å²) in [6.45, 7) is 3.62. The van der Waals surface area contributed by atoms with Gasteiger partial charge in [0, 0.05) is 12.6 Å². The lowest BCUT2D eigenvalue weighted by Crippen LogP contribution is -2.18. The van der Waals surface area contributed by atoms with Crippen molar-refractivity contribution in [2.75, 3.05) is 0 Å². The molecule has 0 bridgehead atoms. The fraction of sp³-hybridized carbons (Fsp3) is 0.250. The van der Waals surface area contributed by atoms with Crippen LogP contribution in [-0.2, 0) is 6.54 Å². The van der Waals surface area contributed by atoms with Crippen LogP contribution in [0.5, 0.6) is 0 Å². The average Bonchev–Trinajstić information content (AvgIpc) is 2.44. The first-order valence-electron chi connectivity index (χ1n) is 6.51. The molecular formula is C16H15F4N. The van der Waals surface area contributed by atoms with E-state index in [-0.39, 0.29) is 24.0 Å². The summed E-state index contributed by atoms with van der Waals surface area (Å²) in [5.74, 6) is -4.23. The van der Waals surface area contributed by atoms with Crippen molar-refractivity contribution in [3.8, 4) is 0 Å². The Morgan fingerprint density at radius 3 is 2.14 bits per heavy atom. The third kappa shape index (κ3) is 3.61. The number of nitrogens with one attached hydrogen (secondary N) is 1. The van der Waals surface area contributed by atoms with Crippen molar-refractivity contribution in [2.24, 2.45) is 0 Å². The molecule has 112 valence electrons. The van der Waals surface area contributed by atoms with Crippen LogP contribution >= 0.6 is 0 Å². The minimum absolute atomic E-state index is 0.144. The molecule has 1 nitrogen and oxygen atoms in total. The molecule has 0 aliphatic carbocycles. The van der Waals surface area contributed by atoms with Crippen LogP contribution < -0.4 is 5.32 Å². The van der Waals surface area contributed by atoms with E-state index in [0.717, 1.165) is 17.7 Å². The van der Waals surface area contributed by atoms with Crippen molar-refractivity contribution in [3.63, 3.8) is 0 Å². The van der Waals surface area contributed by atoms with Crippen LogP contribution in [0.25, 0.3) is 0 Å². The highest BCUT2D eigenvalue weighted by atomic mass is 19.2. The summed E-state index contributed by atoms with van der Waals surface area (Å²) in [5.41, 5.74) is 1.56. The Balaban J connectivity index is 2.07. The largest absolute Gasteiger partial charge is 0.306 e. The Hall–Kier alpha value is -1.88. The lowest BCUT2D eigenvalue weighted by molar-refractivity contribution is 0.443. The predicted molar refractivity (Wildman–Crippen MR) is 72.7 cm³/mol. The molecule has 0 saturated carbocycles. The third-order valence-electron chi connectivity index (χ3n) is 3.35. The summed E-state index contributed by atoms with van der Waals surface area (Å²) in [6.07, 6.45) is 0. The Morgan fingerprint density at radius 1 is 0.952 bits per heavy atom. The topological polar surface area (TPSA) is 12.0 Å². The number of rotatable bonds is 4. The zero-order valence-electron chi connectivity index (χ0n) is 11.7. The van der Waals surface area contributed by atoms with E-state index >= 15 is 0 Å². The van der Waals surface area contributed by atoms with Gasteiger partial charge in [0.1, 0.15) is 5.82 Å². The second kappa shape index (κ2) is 6.26. The number of hydrogen-bond acceptors (Lipinski definition) is 1. The molecule has 0 spiro atoms. The standard InChI is InChI=1S/C16H15F4N/c1-9-3-4-12(7-13(9)17)10(2)21-8-11-5-14(18)16(20)15(19)6-11/h3-7,10,21H,8H2,1-2H3. The summed E-state index contributed by atoms with van der Waals surface area (Å²) in [4.78, 5) is 0. The molecular weight excluding hydrogens is 282 g/mol. The lowest BCUT2D eigenvalue weighted by Gasteiger charge is -2.15. The molecule has 21 heavy (non-hydrogen) atoms. The number of hydrogen-bond donors (Lipinski definition) is 1. The van der Waals surface area contributed by atoms with Gasteiger partial charge in [-0.05, 0) is 48.7 Å². The molecule has 0 saturated heterocycles. The maximum Gasteiger partial charge on any atom is 0.194 e. The monoisotopic (exact) mass is 297 g/mol. The SMILES string of the molecule is Cc1ccc(C(C)NCc2cc(F)c(F)c(F)c2)cc1F. The van der Waals surface area contributed by atoms with Crippen LogP contribution in [0.2, 0.25) is 0 Å². The zero-order valence-corrected chi connectivity index (χ0v) is 11.7. The molecule has 2 aromatic rings. The first-order valence-corrected chi connectivity index (χ1v) is 6.51. The van der Waals surface area contributed by atoms with Crippen molar-refractivity contribution in [3.05, 3.63) is 70.3 Å². The molecule has 0 heterocycles. The Morgan fingerprint density at radius 2 is 1.57 bits per heavy atom. The van der Waals surface area contributed by atoms with E-state index in [1.54, 1.807) is 26.0 Å². The third-order valence-corrected chi connectivity index (χ3v) is 3.35. The van der Waals surface area contributed by atoms with E-state index in [0.29, 0.717) is 5.56 Å². The fourth-order valence-corrected chi connectivity index (χ4v) is 1.98. The van der Waals surface area contributed by atoms with E-state index in [9.17, 15) is 17.6 Å². The molecule has 0 aromatic heterocycles. The summed E-state index contributed by atoms with van der Waals surface area (Å²) < 4.78 is 52.5. The van der Waals surface area contributed by atoms with Crippen LogP contribution in [0.4, 0.5) is 17.6 Å². The molecule has 0 fully saturated rings. The Bertz CT molecular complexity index is 632. The van der Waals surface area contributed by atoms with Gasteiger partial charge in [-0.3, -0.25) is 0 Å². The first-order chi connectivity index (χ1) is 9.88. The Labute approximate surface area is 120 Å². The summed E-state index contributed by atoms with van der Waals surface area (Å²) in [7, 11) is 0. The molecule has 1 N–H and O–H groups in total. The predicted octanol–water partition coefficient (Wildman–Crippen LogP) is 4.40. The van der Waals surface area contributed by atoms with Crippen molar-refractivity contribution in [1.82, 2.24) is 5.32 Å². The minimum Gasteiger partial charge on any atom is -0.306 e. The quantitative estimate of drug-likeness (QED) is 0.651. The van der Waals surface area contributed by atoms with Crippen molar-refractivity contribution in [2.45, 2.75) is 26.4 Å². The second-order valence-electron chi connectivity index (χ2n) is 4.98. The van der Waals surface area contributed by atoms with Gasteiger partial charge < -0.3 is 5.32 Å². The van der Waals surface area contributed by atoms with Crippen molar-refractivity contribution in [1.29, 1.82) is 0 Å². The van der Waals surface area contributed by atoms with Gasteiger partial charge in [-0.1, -0.05) is 12.1 Å². The van der Waals surface area contributed by atoms with Crippen molar-refractivity contribution < 1.29 is 17.6 Å². The van der Waals surface area contributed by atoms with Gasteiger partial charge in [0.05, 0.1) is 0 Å². The molecule has 2 rings (SSSR count). The van der Waals surface area contributed by atoms with Crippen LogP contribution in [0, 0.1) is 30.2 Å². The molecule has 0 radical (unpaired) electrons. The molecule has 0 amide bonds. The molecule has 2 aromatic carbocycles. The maximum atomic E-state index is 13.5. The van der Waals surface area contributed by atoms with Gasteiger partial charge in [0.15, 0.2) is 17.5 Å². The normalized spacial score (nSPS) is 12.5. The van der Waals surface area contributed by atoms with E-state index < -0.39 is 17.5 Å². The van der Waals surface area contributed by atoms with E-state index in [1.807, 2.05) is 0 Å². The summed E-state index contributed by atoms with van der Waals surface area (Å²) in [6, 6.07) is 6.53. The van der Waals surface area contributed by atoms with Crippen LogP contribution in [-0.4, -0.2) is 0 Å². The van der Waals surface area contributed by atoms with Gasteiger partial charge in [-0.25, -0.2) is 17.6 Å². The number of halogens is 4. The smallest absolute Gasteiger partial charge is 0.194 e. The highest BCUT2D eigenvalue weighted by Crippen LogP contribution is 2.18. The molecule has 1 unspecified atom stereocenters. The average molecular weight is 297 g/mol. The van der Waals surface area contributed by atoms with Gasteiger partial charge in [-0.15, -0.1) is 0 Å². The van der Waals surface area contributed by atoms with Crippen LogP contribution in [0.3, 0.4) is 0 Å². The fourth-order valence-electron chi connectivity index (χ4n) is 1.98. The van der Waals surface area contributed by atoms with Gasteiger partial charge in [-0.2, -0.15) is 0 Å². The van der Waals surface area contributed by atoms with Gasteiger partial charge in [0.25, 0.3) is 0 Å². The second-order valence-corrected chi connectivity index (χ2v) is 4.98. The summed E-state index contributed by atoms with van der Waals surface area (Å²) in [5, 5.41) is 3.01. The zero-order chi connectivity index (χ0) is 15.6. The van der Waals surface area contributed by atoms with Gasteiger partial charge >= 0.3 is 0 Å². The maximum absolute atomic E-state index is 13.5. The minimum atomic E-state index is -1.48.